The maximum atomic E-state index is 5.54. The minimum absolute atomic E-state index is 0.588. The molecule has 0 aliphatic heterocycles. The molecule has 0 saturated heterocycles. The van der Waals surface area contributed by atoms with Gasteiger partial charge in [0.2, 0.25) is 0 Å². The molecule has 15 heavy (non-hydrogen) atoms. The van der Waals surface area contributed by atoms with Crippen molar-refractivity contribution in [2.75, 3.05) is 6.54 Å². The topological polar surface area (TPSA) is 56.7 Å². The van der Waals surface area contributed by atoms with Crippen molar-refractivity contribution in [2.24, 2.45) is 5.73 Å². The number of aryl methyl sites for hydroxylation is 1. The molecular formula is C11H14N4. The Morgan fingerprint density at radius 1 is 1.20 bits per heavy atom. The lowest BCUT2D eigenvalue weighted by Crippen LogP contribution is -2.09. The van der Waals surface area contributed by atoms with E-state index < -0.39 is 0 Å². The predicted octanol–water partition coefficient (Wildman–Crippen LogP) is 1.08. The summed E-state index contributed by atoms with van der Waals surface area (Å²) in [6, 6.07) is 10.1. The highest BCUT2D eigenvalue weighted by Crippen LogP contribution is 2.12. The van der Waals surface area contributed by atoms with Crippen molar-refractivity contribution in [1.29, 1.82) is 0 Å². The van der Waals surface area contributed by atoms with Crippen LogP contribution in [0.15, 0.2) is 30.3 Å². The van der Waals surface area contributed by atoms with E-state index in [0.29, 0.717) is 6.54 Å². The molecule has 2 N–H and O–H groups in total. The van der Waals surface area contributed by atoms with E-state index in [4.69, 9.17) is 5.73 Å². The predicted molar refractivity (Wildman–Crippen MR) is 58.9 cm³/mol. The molecule has 0 saturated carbocycles. The van der Waals surface area contributed by atoms with Crippen molar-refractivity contribution in [3.63, 3.8) is 0 Å². The molecule has 1 aromatic heterocycles. The molecule has 0 atom stereocenters. The van der Waals surface area contributed by atoms with Gasteiger partial charge in [0.15, 0.2) is 0 Å². The van der Waals surface area contributed by atoms with Crippen LogP contribution in [0.3, 0.4) is 0 Å². The fraction of sp³-hybridized carbons (Fsp3) is 0.273. The monoisotopic (exact) mass is 202 g/mol. The normalized spacial score (nSPS) is 10.5. The number of hydrogen-bond donors (Lipinski definition) is 1. The van der Waals surface area contributed by atoms with Gasteiger partial charge in [0.25, 0.3) is 0 Å². The van der Waals surface area contributed by atoms with E-state index in [9.17, 15) is 0 Å². The van der Waals surface area contributed by atoms with Crippen molar-refractivity contribution >= 4 is 0 Å². The Balaban J connectivity index is 2.47. The van der Waals surface area contributed by atoms with Crippen LogP contribution < -0.4 is 5.73 Å². The second-order valence-corrected chi connectivity index (χ2v) is 3.37. The van der Waals surface area contributed by atoms with Crippen LogP contribution in [0.4, 0.5) is 0 Å². The van der Waals surface area contributed by atoms with Crippen LogP contribution in [-0.4, -0.2) is 21.3 Å². The maximum absolute atomic E-state index is 5.54. The summed E-state index contributed by atoms with van der Waals surface area (Å²) in [5, 5.41) is 8.18. The van der Waals surface area contributed by atoms with Gasteiger partial charge >= 0.3 is 0 Å². The number of benzene rings is 1. The van der Waals surface area contributed by atoms with Crippen LogP contribution in [0.2, 0.25) is 0 Å². The third-order valence-corrected chi connectivity index (χ3v) is 2.27. The molecule has 0 unspecified atom stereocenters. The zero-order chi connectivity index (χ0) is 10.7. The molecule has 0 fully saturated rings. The Morgan fingerprint density at radius 3 is 2.60 bits per heavy atom. The standard InChI is InChI=1S/C11H14N4/c1-9-13-14-11(7-8-12)15(9)10-5-3-2-4-6-10/h2-6H,7-8,12H2,1H3. The van der Waals surface area contributed by atoms with E-state index in [1.807, 2.05) is 41.8 Å². The molecule has 78 valence electrons. The molecule has 2 rings (SSSR count). The minimum Gasteiger partial charge on any atom is -0.330 e. The first-order valence-electron chi connectivity index (χ1n) is 4.99. The van der Waals surface area contributed by atoms with Crippen LogP contribution in [0.25, 0.3) is 5.69 Å². The van der Waals surface area contributed by atoms with E-state index in [0.717, 1.165) is 23.8 Å². The van der Waals surface area contributed by atoms with Crippen LogP contribution in [0, 0.1) is 6.92 Å². The van der Waals surface area contributed by atoms with Gasteiger partial charge in [0.05, 0.1) is 0 Å². The van der Waals surface area contributed by atoms with E-state index in [1.54, 1.807) is 0 Å². The summed E-state index contributed by atoms with van der Waals surface area (Å²) in [4.78, 5) is 0. The lowest BCUT2D eigenvalue weighted by Gasteiger charge is -2.07. The first-order chi connectivity index (χ1) is 7.33. The van der Waals surface area contributed by atoms with Crippen LogP contribution >= 0.6 is 0 Å². The Labute approximate surface area is 88.8 Å². The lowest BCUT2D eigenvalue weighted by atomic mass is 10.3. The molecule has 0 spiro atoms. The number of nitrogens with two attached hydrogens (primary N) is 1. The molecule has 0 amide bonds. The molecule has 0 aliphatic rings. The van der Waals surface area contributed by atoms with E-state index >= 15 is 0 Å². The second kappa shape index (κ2) is 4.23. The fourth-order valence-electron chi connectivity index (χ4n) is 1.61. The average molecular weight is 202 g/mol. The molecular weight excluding hydrogens is 188 g/mol. The Hall–Kier alpha value is -1.68. The minimum atomic E-state index is 0.588. The third kappa shape index (κ3) is 1.89. The number of rotatable bonds is 3. The van der Waals surface area contributed by atoms with Gasteiger partial charge < -0.3 is 5.73 Å². The highest BCUT2D eigenvalue weighted by atomic mass is 15.3. The maximum Gasteiger partial charge on any atom is 0.138 e. The number of para-hydroxylation sites is 1. The van der Waals surface area contributed by atoms with Crippen molar-refractivity contribution in [3.05, 3.63) is 42.0 Å². The third-order valence-electron chi connectivity index (χ3n) is 2.27. The van der Waals surface area contributed by atoms with Gasteiger partial charge in [0, 0.05) is 12.1 Å². The first-order valence-corrected chi connectivity index (χ1v) is 4.99. The number of aromatic nitrogens is 3. The highest BCUT2D eigenvalue weighted by Gasteiger charge is 2.08. The van der Waals surface area contributed by atoms with Gasteiger partial charge in [-0.15, -0.1) is 10.2 Å². The van der Waals surface area contributed by atoms with Crippen LogP contribution in [0.1, 0.15) is 11.6 Å². The molecule has 4 nitrogen and oxygen atoms in total. The Kier molecular flexibility index (Phi) is 2.78. The molecule has 2 aromatic rings. The van der Waals surface area contributed by atoms with E-state index in [1.165, 1.54) is 0 Å². The summed E-state index contributed by atoms with van der Waals surface area (Å²) in [7, 11) is 0. The summed E-state index contributed by atoms with van der Waals surface area (Å²) in [6.45, 7) is 2.53. The first kappa shape index (κ1) is 9.86. The van der Waals surface area contributed by atoms with Gasteiger partial charge in [-0.2, -0.15) is 0 Å². The lowest BCUT2D eigenvalue weighted by molar-refractivity contribution is 0.824. The van der Waals surface area contributed by atoms with Gasteiger partial charge in [-0.05, 0) is 25.6 Å². The van der Waals surface area contributed by atoms with Gasteiger partial charge in [-0.1, -0.05) is 18.2 Å². The highest BCUT2D eigenvalue weighted by molar-refractivity contribution is 5.33. The largest absolute Gasteiger partial charge is 0.330 e. The average Bonchev–Trinajstić information content (AvgIpc) is 2.62. The summed E-state index contributed by atoms with van der Waals surface area (Å²) >= 11 is 0. The SMILES string of the molecule is Cc1nnc(CCN)n1-c1ccccc1. The van der Waals surface area contributed by atoms with E-state index in [-0.39, 0.29) is 0 Å². The Morgan fingerprint density at radius 2 is 1.93 bits per heavy atom. The fourth-order valence-corrected chi connectivity index (χ4v) is 1.61. The Bertz CT molecular complexity index is 433. The summed E-state index contributed by atoms with van der Waals surface area (Å²) in [5.74, 6) is 1.81. The van der Waals surface area contributed by atoms with Crippen LogP contribution in [0.5, 0.6) is 0 Å². The van der Waals surface area contributed by atoms with Gasteiger partial charge in [0.1, 0.15) is 11.6 Å². The van der Waals surface area contributed by atoms with E-state index in [2.05, 4.69) is 10.2 Å². The van der Waals surface area contributed by atoms with Crippen molar-refractivity contribution < 1.29 is 0 Å². The van der Waals surface area contributed by atoms with Crippen LogP contribution in [-0.2, 0) is 6.42 Å². The van der Waals surface area contributed by atoms with Crippen molar-refractivity contribution in [2.45, 2.75) is 13.3 Å². The quantitative estimate of drug-likeness (QED) is 0.810. The molecule has 1 aromatic carbocycles. The molecule has 0 aliphatic carbocycles. The molecule has 0 bridgehead atoms. The molecule has 4 heteroatoms. The zero-order valence-corrected chi connectivity index (χ0v) is 8.72. The zero-order valence-electron chi connectivity index (χ0n) is 8.72. The van der Waals surface area contributed by atoms with Crippen molar-refractivity contribution in [3.8, 4) is 5.69 Å². The summed E-state index contributed by atoms with van der Waals surface area (Å²) < 4.78 is 2.03. The molecule has 1 heterocycles. The number of hydrogen-bond acceptors (Lipinski definition) is 3. The second-order valence-electron chi connectivity index (χ2n) is 3.37. The summed E-state index contributed by atoms with van der Waals surface area (Å²) in [5.41, 5.74) is 6.62. The van der Waals surface area contributed by atoms with Gasteiger partial charge in [-0.3, -0.25) is 4.57 Å². The summed E-state index contributed by atoms with van der Waals surface area (Å²) in [6.07, 6.45) is 0.746. The number of nitrogens with zero attached hydrogens (tertiary/aromatic N) is 3. The molecule has 0 radical (unpaired) electrons. The smallest absolute Gasteiger partial charge is 0.138 e. The van der Waals surface area contributed by atoms with Gasteiger partial charge in [-0.25, -0.2) is 0 Å². The van der Waals surface area contributed by atoms with Crippen molar-refractivity contribution in [1.82, 2.24) is 14.8 Å².